The van der Waals surface area contributed by atoms with Gasteiger partial charge in [0.15, 0.2) is 0 Å². The van der Waals surface area contributed by atoms with Gasteiger partial charge in [0.2, 0.25) is 0 Å². The van der Waals surface area contributed by atoms with Crippen molar-refractivity contribution in [3.8, 4) is 0 Å². The van der Waals surface area contributed by atoms with Gasteiger partial charge in [0.1, 0.15) is 11.2 Å². The minimum atomic E-state index is 0.0881. The van der Waals surface area contributed by atoms with E-state index in [2.05, 4.69) is 24.3 Å². The standard InChI is InChI=1S/C18H22O2/c1-3-11-17(15(5-1)19-17)13-7-9-14(10-8-13)18-12-4-2-6-16(18)20-18/h7-10,15-16H,1-6,11-12H2. The van der Waals surface area contributed by atoms with Crippen molar-refractivity contribution in [2.24, 2.45) is 0 Å². The molecule has 0 bridgehead atoms. The summed E-state index contributed by atoms with van der Waals surface area (Å²) >= 11 is 0. The van der Waals surface area contributed by atoms with Crippen molar-refractivity contribution in [3.05, 3.63) is 35.4 Å². The molecule has 20 heavy (non-hydrogen) atoms. The molecule has 0 radical (unpaired) electrons. The van der Waals surface area contributed by atoms with Crippen LogP contribution in [0.2, 0.25) is 0 Å². The van der Waals surface area contributed by atoms with Crippen LogP contribution < -0.4 is 0 Å². The van der Waals surface area contributed by atoms with Crippen molar-refractivity contribution < 1.29 is 9.47 Å². The lowest BCUT2D eigenvalue weighted by Gasteiger charge is -2.20. The molecule has 106 valence electrons. The summed E-state index contributed by atoms with van der Waals surface area (Å²) < 4.78 is 12.1. The number of hydrogen-bond acceptors (Lipinski definition) is 2. The number of hydrogen-bond donors (Lipinski definition) is 0. The molecule has 4 unspecified atom stereocenters. The molecule has 2 heteroatoms. The van der Waals surface area contributed by atoms with Crippen LogP contribution in [-0.4, -0.2) is 12.2 Å². The van der Waals surface area contributed by atoms with Crippen LogP contribution in [0.4, 0.5) is 0 Å². The fourth-order valence-electron chi connectivity index (χ4n) is 4.73. The highest BCUT2D eigenvalue weighted by Crippen LogP contribution is 2.57. The van der Waals surface area contributed by atoms with Crippen molar-refractivity contribution in [1.82, 2.24) is 0 Å². The minimum Gasteiger partial charge on any atom is -0.361 e. The highest BCUT2D eigenvalue weighted by molar-refractivity contribution is 5.37. The lowest BCUT2D eigenvalue weighted by molar-refractivity contribution is 0.285. The first-order chi connectivity index (χ1) is 9.83. The normalized spacial score (nSPS) is 45.4. The molecule has 4 atom stereocenters. The van der Waals surface area contributed by atoms with E-state index in [-0.39, 0.29) is 11.2 Å². The SMILES string of the molecule is c1cc(C23CCCCC2O3)ccc1C12CCCCC1O2. The molecule has 2 heterocycles. The number of ether oxygens (including phenoxy) is 2. The molecule has 4 fully saturated rings. The van der Waals surface area contributed by atoms with Gasteiger partial charge >= 0.3 is 0 Å². The van der Waals surface area contributed by atoms with Gasteiger partial charge in [-0.15, -0.1) is 0 Å². The van der Waals surface area contributed by atoms with Gasteiger partial charge in [0.05, 0.1) is 12.2 Å². The van der Waals surface area contributed by atoms with Crippen LogP contribution in [0.1, 0.15) is 62.5 Å². The number of epoxide rings is 2. The zero-order valence-corrected chi connectivity index (χ0v) is 11.9. The van der Waals surface area contributed by atoms with E-state index in [1.165, 1.54) is 62.5 Å². The second-order valence-electron chi connectivity index (χ2n) is 7.06. The fourth-order valence-corrected chi connectivity index (χ4v) is 4.73. The Morgan fingerprint density at radius 1 is 0.700 bits per heavy atom. The van der Waals surface area contributed by atoms with Gasteiger partial charge in [-0.25, -0.2) is 0 Å². The Labute approximate surface area is 120 Å². The third kappa shape index (κ3) is 1.47. The Hall–Kier alpha value is -0.860. The summed E-state index contributed by atoms with van der Waals surface area (Å²) in [4.78, 5) is 0. The van der Waals surface area contributed by atoms with Crippen molar-refractivity contribution in [2.45, 2.75) is 74.8 Å². The van der Waals surface area contributed by atoms with E-state index in [0.717, 1.165) is 0 Å². The van der Waals surface area contributed by atoms with Gasteiger partial charge in [-0.1, -0.05) is 49.9 Å². The predicted octanol–water partition coefficient (Wildman–Crippen LogP) is 4.02. The summed E-state index contributed by atoms with van der Waals surface area (Å²) in [7, 11) is 0. The Balaban J connectivity index is 1.42. The van der Waals surface area contributed by atoms with E-state index in [9.17, 15) is 0 Å². The van der Waals surface area contributed by atoms with Crippen LogP contribution in [0.5, 0.6) is 0 Å². The summed E-state index contributed by atoms with van der Waals surface area (Å²) in [6.45, 7) is 0. The maximum absolute atomic E-state index is 6.04. The number of rotatable bonds is 2. The maximum atomic E-state index is 6.04. The van der Waals surface area contributed by atoms with Crippen LogP contribution in [0.3, 0.4) is 0 Å². The quantitative estimate of drug-likeness (QED) is 0.758. The molecule has 5 rings (SSSR count). The van der Waals surface area contributed by atoms with Crippen LogP contribution in [0.25, 0.3) is 0 Å². The zero-order valence-electron chi connectivity index (χ0n) is 11.9. The second-order valence-corrected chi connectivity index (χ2v) is 7.06. The topological polar surface area (TPSA) is 25.1 Å². The molecule has 4 aliphatic rings. The molecule has 1 aromatic carbocycles. The van der Waals surface area contributed by atoms with E-state index in [1.54, 1.807) is 0 Å². The van der Waals surface area contributed by atoms with Gasteiger partial charge in [-0.3, -0.25) is 0 Å². The second kappa shape index (κ2) is 3.86. The van der Waals surface area contributed by atoms with Gasteiger partial charge < -0.3 is 9.47 Å². The largest absolute Gasteiger partial charge is 0.361 e. The first-order valence-electron chi connectivity index (χ1n) is 8.30. The van der Waals surface area contributed by atoms with Gasteiger partial charge in [0.25, 0.3) is 0 Å². The van der Waals surface area contributed by atoms with Crippen molar-refractivity contribution in [2.75, 3.05) is 0 Å². The molecule has 2 saturated heterocycles. The van der Waals surface area contributed by atoms with Crippen LogP contribution >= 0.6 is 0 Å². The summed E-state index contributed by atoms with van der Waals surface area (Å²) in [6.07, 6.45) is 11.2. The van der Waals surface area contributed by atoms with Crippen LogP contribution in [0.15, 0.2) is 24.3 Å². The monoisotopic (exact) mass is 270 g/mol. The first kappa shape index (κ1) is 11.8. The average molecular weight is 270 g/mol. The smallest absolute Gasteiger partial charge is 0.120 e. The maximum Gasteiger partial charge on any atom is 0.120 e. The average Bonchev–Trinajstić information content (AvgIpc) is 3.39. The Bertz CT molecular complexity index is 488. The molecule has 0 N–H and O–H groups in total. The molecule has 2 aliphatic heterocycles. The van der Waals surface area contributed by atoms with E-state index < -0.39 is 0 Å². The molecule has 1 aromatic rings. The molecule has 2 saturated carbocycles. The molecular weight excluding hydrogens is 248 g/mol. The Morgan fingerprint density at radius 2 is 1.15 bits per heavy atom. The fraction of sp³-hybridized carbons (Fsp3) is 0.667. The molecule has 2 aliphatic carbocycles. The van der Waals surface area contributed by atoms with E-state index in [0.29, 0.717) is 12.2 Å². The van der Waals surface area contributed by atoms with Crippen molar-refractivity contribution >= 4 is 0 Å². The predicted molar refractivity (Wildman–Crippen MR) is 76.5 cm³/mol. The summed E-state index contributed by atoms with van der Waals surface area (Å²) in [5, 5.41) is 0. The number of benzene rings is 1. The van der Waals surface area contributed by atoms with E-state index in [1.807, 2.05) is 0 Å². The van der Waals surface area contributed by atoms with Crippen molar-refractivity contribution in [1.29, 1.82) is 0 Å². The lowest BCUT2D eigenvalue weighted by Crippen LogP contribution is -2.19. The van der Waals surface area contributed by atoms with E-state index >= 15 is 0 Å². The van der Waals surface area contributed by atoms with E-state index in [4.69, 9.17) is 9.47 Å². The first-order valence-corrected chi connectivity index (χ1v) is 8.30. The third-order valence-corrected chi connectivity index (χ3v) is 6.02. The van der Waals surface area contributed by atoms with Gasteiger partial charge in [-0.05, 0) is 36.8 Å². The highest BCUT2D eigenvalue weighted by atomic mass is 16.6. The molecule has 0 amide bonds. The number of fused-ring (bicyclic) bond motifs is 2. The molecule has 0 spiro atoms. The van der Waals surface area contributed by atoms with Crippen LogP contribution in [-0.2, 0) is 20.7 Å². The van der Waals surface area contributed by atoms with Gasteiger partial charge in [-0.2, -0.15) is 0 Å². The summed E-state index contributed by atoms with van der Waals surface area (Å²) in [5.41, 5.74) is 2.97. The van der Waals surface area contributed by atoms with Gasteiger partial charge in [0, 0.05) is 0 Å². The molecular formula is C18H22O2. The zero-order chi connectivity index (χ0) is 13.2. The minimum absolute atomic E-state index is 0.0881. The molecule has 0 aromatic heterocycles. The highest BCUT2D eigenvalue weighted by Gasteiger charge is 2.60. The van der Waals surface area contributed by atoms with Crippen LogP contribution in [0, 0.1) is 0 Å². The Kier molecular flexibility index (Phi) is 2.27. The third-order valence-electron chi connectivity index (χ3n) is 6.02. The Morgan fingerprint density at radius 3 is 1.55 bits per heavy atom. The lowest BCUT2D eigenvalue weighted by atomic mass is 9.80. The summed E-state index contributed by atoms with van der Waals surface area (Å²) in [5.74, 6) is 0. The van der Waals surface area contributed by atoms with Crippen molar-refractivity contribution in [3.63, 3.8) is 0 Å². The summed E-state index contributed by atoms with van der Waals surface area (Å²) in [6, 6.07) is 9.23. The molecule has 2 nitrogen and oxygen atoms in total.